The maximum Gasteiger partial charge on any atom is 0.241 e. The Labute approximate surface area is 125 Å². The number of hydrogen-bond donors (Lipinski definition) is 1. The average molecular weight is 292 g/mol. The third-order valence-corrected chi connectivity index (χ3v) is 5.65. The van der Waals surface area contributed by atoms with Crippen molar-refractivity contribution < 1.29 is 4.79 Å². The van der Waals surface area contributed by atoms with E-state index in [2.05, 4.69) is 47.8 Å². The third kappa shape index (κ3) is 2.29. The third-order valence-electron chi connectivity index (χ3n) is 4.95. The van der Waals surface area contributed by atoms with E-state index < -0.39 is 0 Å². The fourth-order valence-corrected chi connectivity index (χ4v) is 4.10. The molecule has 0 radical (unpaired) electrons. The van der Waals surface area contributed by atoms with Gasteiger partial charge in [-0.25, -0.2) is 0 Å². The van der Waals surface area contributed by atoms with Crippen LogP contribution in [0, 0.1) is 11.8 Å². The van der Waals surface area contributed by atoms with Crippen molar-refractivity contribution in [3.8, 4) is 0 Å². The van der Waals surface area contributed by atoms with Crippen LogP contribution in [-0.2, 0) is 4.79 Å². The Bertz CT molecular complexity index is 467. The molecule has 0 aromatic carbocycles. The van der Waals surface area contributed by atoms with Crippen molar-refractivity contribution in [1.82, 2.24) is 10.2 Å². The molecule has 110 valence electrons. The summed E-state index contributed by atoms with van der Waals surface area (Å²) in [6.07, 6.45) is 3.43. The van der Waals surface area contributed by atoms with Crippen LogP contribution in [0.3, 0.4) is 0 Å². The van der Waals surface area contributed by atoms with Gasteiger partial charge in [0.05, 0.1) is 6.04 Å². The van der Waals surface area contributed by atoms with Crippen molar-refractivity contribution in [2.75, 3.05) is 0 Å². The first-order valence-electron chi connectivity index (χ1n) is 7.72. The van der Waals surface area contributed by atoms with Crippen molar-refractivity contribution in [3.63, 3.8) is 0 Å². The molecule has 2 aliphatic rings. The Balaban J connectivity index is 1.84. The summed E-state index contributed by atoms with van der Waals surface area (Å²) in [6.45, 7) is 6.61. The topological polar surface area (TPSA) is 32.3 Å². The van der Waals surface area contributed by atoms with Gasteiger partial charge >= 0.3 is 0 Å². The fraction of sp³-hybridized carbons (Fsp3) is 0.688. The van der Waals surface area contributed by atoms with E-state index >= 15 is 0 Å². The predicted octanol–water partition coefficient (Wildman–Crippen LogP) is 3.39. The second-order valence-corrected chi connectivity index (χ2v) is 7.25. The SMILES string of the molecule is CCC(C)C1NC(c2ccsc2)N(C2CC(C)C2)C1=O. The molecule has 1 aliphatic carbocycles. The predicted molar refractivity (Wildman–Crippen MR) is 82.5 cm³/mol. The Morgan fingerprint density at radius 2 is 2.25 bits per heavy atom. The smallest absolute Gasteiger partial charge is 0.241 e. The molecule has 1 saturated heterocycles. The van der Waals surface area contributed by atoms with Gasteiger partial charge in [-0.2, -0.15) is 11.3 Å². The summed E-state index contributed by atoms with van der Waals surface area (Å²) in [7, 11) is 0. The van der Waals surface area contributed by atoms with Crippen molar-refractivity contribution in [2.24, 2.45) is 11.8 Å². The number of nitrogens with zero attached hydrogens (tertiary/aromatic N) is 1. The van der Waals surface area contributed by atoms with E-state index in [1.807, 2.05) is 0 Å². The van der Waals surface area contributed by atoms with Gasteiger partial charge in [-0.1, -0.05) is 27.2 Å². The van der Waals surface area contributed by atoms with E-state index in [0.29, 0.717) is 17.9 Å². The molecule has 1 aliphatic heterocycles. The average Bonchev–Trinajstić information content (AvgIpc) is 3.02. The zero-order chi connectivity index (χ0) is 14.3. The van der Waals surface area contributed by atoms with Crippen LogP contribution in [-0.4, -0.2) is 22.9 Å². The first-order valence-corrected chi connectivity index (χ1v) is 8.66. The minimum atomic E-state index is -0.0131. The van der Waals surface area contributed by atoms with E-state index in [9.17, 15) is 4.79 Å². The van der Waals surface area contributed by atoms with E-state index in [1.54, 1.807) is 11.3 Å². The van der Waals surface area contributed by atoms with Gasteiger partial charge in [0, 0.05) is 6.04 Å². The van der Waals surface area contributed by atoms with Crippen LogP contribution in [0.15, 0.2) is 16.8 Å². The van der Waals surface area contributed by atoms with Crippen molar-refractivity contribution in [2.45, 2.75) is 58.3 Å². The molecule has 20 heavy (non-hydrogen) atoms. The highest BCUT2D eigenvalue weighted by Crippen LogP contribution is 2.40. The van der Waals surface area contributed by atoms with Gasteiger partial charge in [0.25, 0.3) is 0 Å². The Kier molecular flexibility index (Phi) is 3.87. The summed E-state index contributed by atoms with van der Waals surface area (Å²) in [6, 6.07) is 2.56. The maximum absolute atomic E-state index is 12.8. The Morgan fingerprint density at radius 1 is 1.50 bits per heavy atom. The number of amides is 1. The fourth-order valence-electron chi connectivity index (χ4n) is 3.42. The van der Waals surface area contributed by atoms with Crippen molar-refractivity contribution in [1.29, 1.82) is 0 Å². The minimum Gasteiger partial charge on any atom is -0.319 e. The van der Waals surface area contributed by atoms with Crippen LogP contribution in [0.5, 0.6) is 0 Å². The lowest BCUT2D eigenvalue weighted by molar-refractivity contribution is -0.135. The Morgan fingerprint density at radius 3 is 2.80 bits per heavy atom. The van der Waals surface area contributed by atoms with Crippen LogP contribution in [0.25, 0.3) is 0 Å². The largest absolute Gasteiger partial charge is 0.319 e. The highest BCUT2D eigenvalue weighted by molar-refractivity contribution is 7.07. The monoisotopic (exact) mass is 292 g/mol. The number of nitrogens with one attached hydrogen (secondary N) is 1. The molecular weight excluding hydrogens is 268 g/mol. The summed E-state index contributed by atoms with van der Waals surface area (Å²) in [5.41, 5.74) is 1.24. The van der Waals surface area contributed by atoms with Gasteiger partial charge in [-0.05, 0) is 47.1 Å². The molecule has 2 heterocycles. The lowest BCUT2D eigenvalue weighted by Gasteiger charge is -2.42. The minimum absolute atomic E-state index is 0.0131. The second kappa shape index (κ2) is 5.49. The lowest BCUT2D eigenvalue weighted by Crippen LogP contribution is -2.47. The van der Waals surface area contributed by atoms with Gasteiger partial charge in [0.2, 0.25) is 5.91 Å². The molecule has 1 aromatic heterocycles. The molecule has 1 aromatic rings. The maximum atomic E-state index is 12.8. The quantitative estimate of drug-likeness (QED) is 0.922. The number of carbonyl (C=O) groups is 1. The van der Waals surface area contributed by atoms with Crippen LogP contribution in [0.4, 0.5) is 0 Å². The van der Waals surface area contributed by atoms with E-state index in [-0.39, 0.29) is 12.2 Å². The summed E-state index contributed by atoms with van der Waals surface area (Å²) in [5, 5.41) is 7.85. The summed E-state index contributed by atoms with van der Waals surface area (Å²) < 4.78 is 0. The zero-order valence-electron chi connectivity index (χ0n) is 12.5. The standard InChI is InChI=1S/C16H24N2OS/c1-4-11(3)14-16(19)18(13-7-10(2)8-13)15(17-14)12-5-6-20-9-12/h5-6,9-11,13-15,17H,4,7-8H2,1-3H3. The van der Waals surface area contributed by atoms with Gasteiger partial charge < -0.3 is 4.90 Å². The van der Waals surface area contributed by atoms with Crippen molar-refractivity contribution >= 4 is 17.2 Å². The van der Waals surface area contributed by atoms with Crippen LogP contribution in [0.1, 0.15) is 51.8 Å². The molecule has 3 unspecified atom stereocenters. The number of thiophene rings is 1. The van der Waals surface area contributed by atoms with Gasteiger partial charge in [-0.3, -0.25) is 10.1 Å². The molecule has 1 amide bonds. The zero-order valence-corrected chi connectivity index (χ0v) is 13.3. The first kappa shape index (κ1) is 14.1. The summed E-state index contributed by atoms with van der Waals surface area (Å²) >= 11 is 1.70. The summed E-state index contributed by atoms with van der Waals surface area (Å²) in [4.78, 5) is 15.0. The molecule has 1 N–H and O–H groups in total. The van der Waals surface area contributed by atoms with Crippen LogP contribution >= 0.6 is 11.3 Å². The van der Waals surface area contributed by atoms with E-state index in [1.165, 1.54) is 5.56 Å². The molecule has 3 nitrogen and oxygen atoms in total. The molecule has 3 rings (SSSR count). The molecule has 1 saturated carbocycles. The highest BCUT2D eigenvalue weighted by Gasteiger charge is 2.47. The van der Waals surface area contributed by atoms with E-state index in [4.69, 9.17) is 0 Å². The van der Waals surface area contributed by atoms with Gasteiger partial charge in [0.15, 0.2) is 0 Å². The second-order valence-electron chi connectivity index (χ2n) is 6.46. The normalized spacial score (nSPS) is 35.1. The van der Waals surface area contributed by atoms with Crippen LogP contribution in [0.2, 0.25) is 0 Å². The Hall–Kier alpha value is -0.870. The molecule has 4 heteroatoms. The number of carbonyl (C=O) groups excluding carboxylic acids is 1. The molecule has 0 bridgehead atoms. The van der Waals surface area contributed by atoms with Crippen molar-refractivity contribution in [3.05, 3.63) is 22.4 Å². The van der Waals surface area contributed by atoms with E-state index in [0.717, 1.165) is 25.2 Å². The number of rotatable bonds is 4. The summed E-state index contributed by atoms with van der Waals surface area (Å²) in [5.74, 6) is 1.47. The first-order chi connectivity index (χ1) is 9.61. The highest BCUT2D eigenvalue weighted by atomic mass is 32.1. The number of hydrogen-bond acceptors (Lipinski definition) is 3. The molecule has 3 atom stereocenters. The van der Waals surface area contributed by atoms with Crippen LogP contribution < -0.4 is 5.32 Å². The molecular formula is C16H24N2OS. The van der Waals surface area contributed by atoms with Gasteiger partial charge in [-0.15, -0.1) is 0 Å². The molecule has 0 spiro atoms. The van der Waals surface area contributed by atoms with Gasteiger partial charge in [0.1, 0.15) is 6.17 Å². The molecule has 2 fully saturated rings. The lowest BCUT2D eigenvalue weighted by atomic mass is 9.80.